The van der Waals surface area contributed by atoms with E-state index >= 15 is 0 Å². The average Bonchev–Trinajstić information content (AvgIpc) is 2.35. The second kappa shape index (κ2) is 7.49. The van der Waals surface area contributed by atoms with Crippen molar-refractivity contribution in [1.82, 2.24) is 10.6 Å². The van der Waals surface area contributed by atoms with Gasteiger partial charge in [-0.2, -0.15) is 0 Å². The van der Waals surface area contributed by atoms with Crippen molar-refractivity contribution in [2.24, 2.45) is 4.99 Å². The second-order valence-electron chi connectivity index (χ2n) is 4.12. The minimum atomic E-state index is 0.386. The summed E-state index contributed by atoms with van der Waals surface area (Å²) in [6.45, 7) is 4.86. The number of aliphatic imine (C=N–C) groups is 1. The minimum absolute atomic E-state index is 0.386. The second-order valence-corrected chi connectivity index (χ2v) is 4.96. The molecule has 1 aromatic rings. The maximum Gasteiger partial charge on any atom is 0.191 e. The van der Waals surface area contributed by atoms with Crippen molar-refractivity contribution in [3.05, 3.63) is 33.8 Å². The van der Waals surface area contributed by atoms with Gasteiger partial charge >= 0.3 is 0 Å². The Balaban J connectivity index is 2.58. The van der Waals surface area contributed by atoms with Gasteiger partial charge in [-0.3, -0.25) is 4.99 Å². The molecule has 0 heterocycles. The summed E-state index contributed by atoms with van der Waals surface area (Å²) in [4.78, 5) is 4.16. The van der Waals surface area contributed by atoms with Crippen LogP contribution in [-0.4, -0.2) is 19.0 Å². The first kappa shape index (κ1) is 15.1. The molecule has 1 atom stereocenters. The van der Waals surface area contributed by atoms with Gasteiger partial charge < -0.3 is 10.6 Å². The number of hydrogen-bond acceptors (Lipinski definition) is 1. The monoisotopic (exact) mass is 287 g/mol. The minimum Gasteiger partial charge on any atom is -0.354 e. The fraction of sp³-hybridized carbons (Fsp3) is 0.462. The summed E-state index contributed by atoms with van der Waals surface area (Å²) in [6.07, 6.45) is 1.04. The van der Waals surface area contributed by atoms with Crippen molar-refractivity contribution in [2.75, 3.05) is 7.05 Å². The molecule has 5 heteroatoms. The van der Waals surface area contributed by atoms with E-state index in [0.29, 0.717) is 22.6 Å². The Labute approximate surface area is 119 Å². The molecule has 0 bridgehead atoms. The lowest BCUT2D eigenvalue weighted by atomic mass is 10.2. The van der Waals surface area contributed by atoms with Gasteiger partial charge in [0, 0.05) is 29.7 Å². The molecule has 0 aromatic heterocycles. The fourth-order valence-corrected chi connectivity index (χ4v) is 1.85. The van der Waals surface area contributed by atoms with Gasteiger partial charge in [0.05, 0.1) is 0 Å². The maximum atomic E-state index is 6.10. The van der Waals surface area contributed by atoms with Gasteiger partial charge in [-0.25, -0.2) is 0 Å². The average molecular weight is 288 g/mol. The van der Waals surface area contributed by atoms with Crippen LogP contribution in [0, 0.1) is 0 Å². The van der Waals surface area contributed by atoms with E-state index in [0.717, 1.165) is 17.9 Å². The van der Waals surface area contributed by atoms with Gasteiger partial charge in [-0.15, -0.1) is 0 Å². The number of nitrogens with zero attached hydrogens (tertiary/aromatic N) is 1. The highest BCUT2D eigenvalue weighted by molar-refractivity contribution is 6.35. The third-order valence-corrected chi connectivity index (χ3v) is 3.27. The number of guanidine groups is 1. The summed E-state index contributed by atoms with van der Waals surface area (Å²) in [5.41, 5.74) is 0.994. The molecule has 1 unspecified atom stereocenters. The predicted molar refractivity (Wildman–Crippen MR) is 79.5 cm³/mol. The Morgan fingerprint density at radius 3 is 2.67 bits per heavy atom. The summed E-state index contributed by atoms with van der Waals surface area (Å²) in [5, 5.41) is 7.82. The van der Waals surface area contributed by atoms with Crippen molar-refractivity contribution < 1.29 is 0 Å². The number of nitrogens with one attached hydrogen (secondary N) is 2. The first-order chi connectivity index (χ1) is 8.56. The van der Waals surface area contributed by atoms with Gasteiger partial charge in [0.1, 0.15) is 0 Å². The van der Waals surface area contributed by atoms with Crippen LogP contribution in [0.25, 0.3) is 0 Å². The van der Waals surface area contributed by atoms with Crippen LogP contribution in [-0.2, 0) is 6.54 Å². The van der Waals surface area contributed by atoms with Crippen LogP contribution in [0.15, 0.2) is 23.2 Å². The van der Waals surface area contributed by atoms with E-state index in [4.69, 9.17) is 23.2 Å². The van der Waals surface area contributed by atoms with Gasteiger partial charge in [0.2, 0.25) is 0 Å². The summed E-state index contributed by atoms with van der Waals surface area (Å²) in [6, 6.07) is 5.87. The molecule has 0 aliphatic carbocycles. The van der Waals surface area contributed by atoms with E-state index in [1.54, 1.807) is 13.1 Å². The van der Waals surface area contributed by atoms with Crippen LogP contribution in [0.3, 0.4) is 0 Å². The number of hydrogen-bond donors (Lipinski definition) is 2. The first-order valence-electron chi connectivity index (χ1n) is 5.98. The lowest BCUT2D eigenvalue weighted by Gasteiger charge is -2.16. The zero-order valence-corrected chi connectivity index (χ0v) is 12.4. The zero-order chi connectivity index (χ0) is 13.5. The summed E-state index contributed by atoms with van der Waals surface area (Å²) >= 11 is 12.0. The van der Waals surface area contributed by atoms with E-state index in [9.17, 15) is 0 Å². The van der Waals surface area contributed by atoms with Crippen molar-refractivity contribution in [2.45, 2.75) is 32.9 Å². The lowest BCUT2D eigenvalue weighted by Crippen LogP contribution is -2.41. The fourth-order valence-electron chi connectivity index (χ4n) is 1.37. The highest BCUT2D eigenvalue weighted by Crippen LogP contribution is 2.20. The van der Waals surface area contributed by atoms with Crippen molar-refractivity contribution in [1.29, 1.82) is 0 Å². The third kappa shape index (κ3) is 4.75. The molecule has 1 rings (SSSR count). The smallest absolute Gasteiger partial charge is 0.191 e. The molecule has 3 nitrogen and oxygen atoms in total. The van der Waals surface area contributed by atoms with E-state index in [1.807, 2.05) is 12.1 Å². The van der Waals surface area contributed by atoms with Crippen LogP contribution in [0.2, 0.25) is 10.0 Å². The number of halogens is 2. The van der Waals surface area contributed by atoms with Gasteiger partial charge in [0.25, 0.3) is 0 Å². The summed E-state index contributed by atoms with van der Waals surface area (Å²) in [7, 11) is 1.75. The van der Waals surface area contributed by atoms with Gasteiger partial charge in [0.15, 0.2) is 5.96 Å². The van der Waals surface area contributed by atoms with E-state index in [2.05, 4.69) is 29.5 Å². The molecule has 100 valence electrons. The van der Waals surface area contributed by atoms with Crippen LogP contribution < -0.4 is 10.6 Å². The van der Waals surface area contributed by atoms with Crippen LogP contribution in [0.5, 0.6) is 0 Å². The van der Waals surface area contributed by atoms with E-state index in [-0.39, 0.29) is 0 Å². The molecule has 0 saturated carbocycles. The molecule has 0 spiro atoms. The molecule has 0 aliphatic heterocycles. The molecular weight excluding hydrogens is 269 g/mol. The Morgan fingerprint density at radius 1 is 1.39 bits per heavy atom. The van der Waals surface area contributed by atoms with Crippen molar-refractivity contribution in [3.63, 3.8) is 0 Å². The van der Waals surface area contributed by atoms with E-state index < -0.39 is 0 Å². The van der Waals surface area contributed by atoms with Crippen LogP contribution in [0.1, 0.15) is 25.8 Å². The molecule has 0 fully saturated rings. The lowest BCUT2D eigenvalue weighted by molar-refractivity contribution is 0.624. The molecule has 0 saturated heterocycles. The van der Waals surface area contributed by atoms with Gasteiger partial charge in [-0.1, -0.05) is 36.2 Å². The molecular formula is C13H19Cl2N3. The highest BCUT2D eigenvalue weighted by atomic mass is 35.5. The van der Waals surface area contributed by atoms with Gasteiger partial charge in [-0.05, 0) is 31.0 Å². The predicted octanol–water partition coefficient (Wildman–Crippen LogP) is 3.46. The maximum absolute atomic E-state index is 6.10. The van der Waals surface area contributed by atoms with Crippen LogP contribution >= 0.6 is 23.2 Å². The quantitative estimate of drug-likeness (QED) is 0.657. The molecule has 0 radical (unpaired) electrons. The molecule has 0 amide bonds. The SMILES string of the molecule is CCC(C)NC(=NC)NCc1ccc(Cl)cc1Cl. The third-order valence-electron chi connectivity index (χ3n) is 2.68. The van der Waals surface area contributed by atoms with Crippen molar-refractivity contribution >= 4 is 29.2 Å². The highest BCUT2D eigenvalue weighted by Gasteiger charge is 2.05. The normalized spacial score (nSPS) is 13.3. The molecule has 0 aliphatic rings. The van der Waals surface area contributed by atoms with Crippen molar-refractivity contribution in [3.8, 4) is 0 Å². The van der Waals surface area contributed by atoms with E-state index in [1.165, 1.54) is 0 Å². The standard InChI is InChI=1S/C13H19Cl2N3/c1-4-9(2)18-13(16-3)17-8-10-5-6-11(14)7-12(10)15/h5-7,9H,4,8H2,1-3H3,(H2,16,17,18). The summed E-state index contributed by atoms with van der Waals surface area (Å²) < 4.78 is 0. The zero-order valence-electron chi connectivity index (χ0n) is 10.9. The summed E-state index contributed by atoms with van der Waals surface area (Å²) in [5.74, 6) is 0.773. The Hall–Kier alpha value is -0.930. The number of rotatable bonds is 4. The Kier molecular flexibility index (Phi) is 6.30. The van der Waals surface area contributed by atoms with Crippen LogP contribution in [0.4, 0.5) is 0 Å². The first-order valence-corrected chi connectivity index (χ1v) is 6.73. The molecule has 18 heavy (non-hydrogen) atoms. The Morgan fingerprint density at radius 2 is 2.11 bits per heavy atom. The topological polar surface area (TPSA) is 36.4 Å². The largest absolute Gasteiger partial charge is 0.354 e. The number of benzene rings is 1. The Bertz CT molecular complexity index is 419. The molecule has 2 N–H and O–H groups in total. The molecule has 1 aromatic carbocycles.